The first kappa shape index (κ1) is 83.7. The third-order valence-corrected chi connectivity index (χ3v) is 21.3. The quantitative estimate of drug-likeness (QED) is 0.0345. The highest BCUT2D eigenvalue weighted by Gasteiger charge is 2.52. The molecule has 18 atom stereocenters. The maximum Gasteiger partial charge on any atom is 0.333 e. The zero-order valence-electron chi connectivity index (χ0n) is 61.8. The van der Waals surface area contributed by atoms with Crippen LogP contribution in [0.1, 0.15) is 123 Å². The van der Waals surface area contributed by atoms with Crippen LogP contribution in [0.4, 0.5) is 5.69 Å². The van der Waals surface area contributed by atoms with E-state index in [1.54, 1.807) is 39.9 Å². The van der Waals surface area contributed by atoms with Gasteiger partial charge in [-0.2, -0.15) is 0 Å². The van der Waals surface area contributed by atoms with Crippen LogP contribution in [0.5, 0.6) is 46.0 Å². The summed E-state index contributed by atoms with van der Waals surface area (Å²) >= 11 is 14.3. The average Bonchev–Trinajstić information content (AvgIpc) is 0.765. The van der Waals surface area contributed by atoms with Crippen LogP contribution in [0.3, 0.4) is 0 Å². The predicted molar refractivity (Wildman–Crippen MR) is 397 cm³/mol. The van der Waals surface area contributed by atoms with Gasteiger partial charge in [0.25, 0.3) is 5.69 Å². The summed E-state index contributed by atoms with van der Waals surface area (Å²) in [4.78, 5) is 133. The first-order valence-corrected chi connectivity index (χ1v) is 36.7. The molecule has 113 heavy (non-hydrogen) atoms. The van der Waals surface area contributed by atoms with E-state index < -0.39 is 255 Å². The predicted octanol–water partition coefficient (Wildman–Crippen LogP) is 4.25. The summed E-state index contributed by atoms with van der Waals surface area (Å²) in [6, 6.07) is 9.59. The number of aliphatic hydroxyl groups is 6. The summed E-state index contributed by atoms with van der Waals surface area (Å²) in [6.45, 7) is 5.36. The first-order chi connectivity index (χ1) is 53.4. The van der Waals surface area contributed by atoms with E-state index in [1.807, 2.05) is 13.8 Å². The van der Waals surface area contributed by atoms with Gasteiger partial charge in [0.15, 0.2) is 41.5 Å². The molecule has 6 aromatic rings. The molecule has 2 fully saturated rings. The van der Waals surface area contributed by atoms with E-state index in [1.165, 1.54) is 36.4 Å². The number of ether oxygens (including phenoxy) is 7. The van der Waals surface area contributed by atoms with E-state index in [9.17, 15) is 70.5 Å². The Morgan fingerprint density at radius 1 is 0.752 bits per heavy atom. The third kappa shape index (κ3) is 18.2. The Morgan fingerprint density at radius 3 is 1.98 bits per heavy atom. The van der Waals surface area contributed by atoms with Crippen molar-refractivity contribution in [3.8, 4) is 57.1 Å². The molecule has 5 amide bonds. The number of hydrogen-bond acceptors (Lipinski definition) is 28. The standard InChI is InChI=1S/C77H86Cl2N8O26/c1-32(2)18-47(86(6)7)73(102)84-62-50(92)22-39(25-57(80)94)71(100)82-60-38-23-54(109-52-16-11-36(64(62)95)20-45(52)78)68(113-76-69(67(98)66(97)56(30-88)111-76)112-58-29-77(4,81-5)70(99)33(3)108-58)55(24-38)110-53-17-12-37(21-46(53)79)65(96)63-74(103)83-61(75(104)107-31-34-8-13-40(14-9-34)87(105)106)44-26-41(89)27-49(91)59(44)43-19-35(10-15-48(43)90)42(28-51(60)93)72(101)85-63/h8-17,19-21,23-24,26-27,32-33,39,42,47,56,58,60-67,69-70,76,81,88-91,95-99H,18,22,25,28-31H2,1-7H3,(H2,80,94)(H,82,100)(H,83,103)(H,84,102)(H,85,101)/t33-,39-,42+,47+,56+,58-,60+,61-,62-,63-,64+,65+,66+,67-,69+,70+,76-,77-/m0/s1. The minimum Gasteiger partial charge on any atom is -0.508 e. The number of nitro benzene ring substituents is 1. The fraction of sp³-hybridized carbons (Fsp3) is 0.429. The summed E-state index contributed by atoms with van der Waals surface area (Å²) < 4.78 is 44.7. The maximum absolute atomic E-state index is 16.4. The lowest BCUT2D eigenvalue weighted by Gasteiger charge is -2.48. The molecule has 6 aromatic carbocycles. The molecule has 0 spiro atoms. The number of nitro groups is 1. The van der Waals surface area contributed by atoms with Gasteiger partial charge in [0, 0.05) is 66.1 Å². The number of esters is 1. The molecule has 0 radical (unpaired) electrons. The highest BCUT2D eigenvalue weighted by atomic mass is 35.5. The largest absolute Gasteiger partial charge is 0.508 e. The van der Waals surface area contributed by atoms with Crippen LogP contribution in [0.25, 0.3) is 11.1 Å². The van der Waals surface area contributed by atoms with Crippen LogP contribution in [0.2, 0.25) is 10.0 Å². The number of nitrogens with one attached hydrogen (secondary N) is 5. The molecule has 0 saturated carbocycles. The van der Waals surface area contributed by atoms with Gasteiger partial charge in [0.1, 0.15) is 84.0 Å². The summed E-state index contributed by atoms with van der Waals surface area (Å²) in [6.07, 6.45) is -20.0. The number of non-ortho nitro benzene ring substituents is 1. The van der Waals surface area contributed by atoms with Gasteiger partial charge in [0.2, 0.25) is 41.6 Å². The summed E-state index contributed by atoms with van der Waals surface area (Å²) in [5.41, 5.74) is 2.21. The lowest BCUT2D eigenvalue weighted by molar-refractivity contribution is -0.384. The lowest BCUT2D eigenvalue weighted by Crippen LogP contribution is -2.65. The van der Waals surface area contributed by atoms with Crippen molar-refractivity contribution in [2.45, 2.75) is 169 Å². The van der Waals surface area contributed by atoms with Gasteiger partial charge in [-0.1, -0.05) is 55.2 Å². The number of phenols is 3. The van der Waals surface area contributed by atoms with Crippen molar-refractivity contribution in [1.29, 1.82) is 0 Å². The van der Waals surface area contributed by atoms with Crippen molar-refractivity contribution >= 4 is 76.0 Å². The second-order valence-corrected chi connectivity index (χ2v) is 30.1. The molecule has 36 heteroatoms. The van der Waals surface area contributed by atoms with Gasteiger partial charge in [-0.25, -0.2) is 4.79 Å². The maximum atomic E-state index is 16.4. The van der Waals surface area contributed by atoms with Crippen LogP contribution in [-0.4, -0.2) is 203 Å². The van der Waals surface area contributed by atoms with Crippen molar-refractivity contribution < 1.29 is 122 Å². The van der Waals surface area contributed by atoms with Gasteiger partial charge < -0.3 is 111 Å². The highest BCUT2D eigenvalue weighted by molar-refractivity contribution is 6.32. The zero-order valence-corrected chi connectivity index (χ0v) is 63.4. The van der Waals surface area contributed by atoms with Crippen LogP contribution in [0.15, 0.2) is 103 Å². The van der Waals surface area contributed by atoms with Gasteiger partial charge in [-0.3, -0.25) is 48.6 Å². The zero-order chi connectivity index (χ0) is 82.1. The third-order valence-electron chi connectivity index (χ3n) is 20.7. The SMILES string of the molecule is CN[C@@]1(C)C[C@H](O[C@H]2[C@H](Oc3c4cc5cc3Oc3ccc(cc3Cl)[C@@H](O)[C@@H](NC(=O)[C@@H](CC(C)C)N(C)C)C(=O)C[C@@H](CC(N)=O)C(=O)N[C@H]5C(=O)C[C@H]3C(=O)N[C@H](C(=O)N[C@H](C(=O)OCc5ccc([N+](=O)[O-])cc5)c5cc(O)cc(O)c5-c5cc3ccc5O)[C@H](O)c3ccc(c(Cl)c3)O4)O[C@H](CO)[C@@H](O)[C@@H]2O)O[C@@H](C)[C@H]1O. The number of aromatic hydroxyl groups is 3. The summed E-state index contributed by atoms with van der Waals surface area (Å²) in [5, 5.41) is 130. The Balaban J connectivity index is 1.14. The number of halogens is 2. The average molecular weight is 1610 g/mol. The molecule has 16 N–H and O–H groups in total. The smallest absolute Gasteiger partial charge is 0.333 e. The molecule has 0 unspecified atom stereocenters. The second-order valence-electron chi connectivity index (χ2n) is 29.3. The molecule has 0 aliphatic carbocycles. The number of carbonyl (C=O) groups excluding carboxylic acids is 8. The molecular formula is C77H86Cl2N8O26. The van der Waals surface area contributed by atoms with E-state index in [4.69, 9.17) is 62.1 Å². The molecule has 11 bridgehead atoms. The molecule has 0 aromatic heterocycles. The van der Waals surface area contributed by atoms with E-state index >= 15 is 24.0 Å². The number of Topliss-reactive ketones (excluding diaryl/α,β-unsaturated/α-hetero) is 2. The number of amides is 5. The number of nitrogens with two attached hydrogens (primary N) is 1. The number of rotatable bonds is 17. The van der Waals surface area contributed by atoms with Gasteiger partial charge in [-0.05, 0) is 142 Å². The number of carbonyl (C=O) groups is 8. The fourth-order valence-corrected chi connectivity index (χ4v) is 14.8. The molecular weight excluding hydrogens is 1520 g/mol. The number of hydrogen-bond donors (Lipinski definition) is 15. The lowest BCUT2D eigenvalue weighted by atomic mass is 9.84. The van der Waals surface area contributed by atoms with Crippen LogP contribution >= 0.6 is 23.2 Å². The van der Waals surface area contributed by atoms with Crippen LogP contribution in [0, 0.1) is 22.0 Å². The Bertz CT molecular complexity index is 4670. The molecule has 34 nitrogen and oxygen atoms in total. The second kappa shape index (κ2) is 34.7. The molecule has 2 saturated heterocycles. The van der Waals surface area contributed by atoms with E-state index in [-0.39, 0.29) is 63.2 Å². The topological polar surface area (TPSA) is 516 Å². The van der Waals surface area contributed by atoms with E-state index in [0.717, 1.165) is 66.7 Å². The van der Waals surface area contributed by atoms with Crippen LogP contribution < -0.4 is 46.5 Å². The van der Waals surface area contributed by atoms with Gasteiger partial charge >= 0.3 is 5.97 Å². The van der Waals surface area contributed by atoms with Crippen molar-refractivity contribution in [2.24, 2.45) is 17.6 Å². The molecule has 13 rings (SSSR count). The minimum atomic E-state index is -2.29. The number of aliphatic hydroxyl groups excluding tert-OH is 6. The van der Waals surface area contributed by atoms with Crippen molar-refractivity contribution in [3.05, 3.63) is 157 Å². The number of primary amides is 1. The summed E-state index contributed by atoms with van der Waals surface area (Å²) in [7, 11) is 4.82. The van der Waals surface area contributed by atoms with Crippen molar-refractivity contribution in [3.63, 3.8) is 0 Å². The molecule has 7 aliphatic heterocycles. The molecule has 7 heterocycles. The Morgan fingerprint density at radius 2 is 1.39 bits per heavy atom. The monoisotopic (exact) mass is 1610 g/mol. The van der Waals surface area contributed by atoms with E-state index in [0.29, 0.717) is 0 Å². The van der Waals surface area contributed by atoms with Crippen molar-refractivity contribution in [2.75, 3.05) is 27.7 Å². The Kier molecular flexibility index (Phi) is 25.7. The number of phenolic OH excluding ortho intramolecular Hbond substituents is 3. The highest BCUT2D eigenvalue weighted by Crippen LogP contribution is 2.51. The normalized spacial score (nSPS) is 27.7. The number of fused-ring (bicyclic) bond motifs is 15. The summed E-state index contributed by atoms with van der Waals surface area (Å²) in [5.74, 6) is -18.2. The Labute approximate surface area is 655 Å². The number of benzene rings is 6. The van der Waals surface area contributed by atoms with Gasteiger partial charge in [0.05, 0.1) is 51.7 Å². The van der Waals surface area contributed by atoms with Gasteiger partial charge in [-0.15, -0.1) is 0 Å². The number of nitrogens with zero attached hydrogens (tertiary/aromatic N) is 2. The minimum absolute atomic E-state index is 0.0841. The molecule has 7 aliphatic rings. The van der Waals surface area contributed by atoms with Crippen molar-refractivity contribution in [1.82, 2.24) is 31.5 Å². The fourth-order valence-electron chi connectivity index (χ4n) is 14.3. The Hall–Kier alpha value is -10.2. The number of likely N-dealkylation sites (N-methyl/N-ethyl adjacent to an activating group) is 2. The number of ketones is 2. The first-order valence-electron chi connectivity index (χ1n) is 35.9. The van der Waals surface area contributed by atoms with Crippen LogP contribution in [-0.2, 0) is 63.9 Å². The molecule has 604 valence electrons. The van der Waals surface area contributed by atoms with E-state index in [2.05, 4.69) is 26.6 Å².